The molecule has 0 atom stereocenters. The molecule has 0 aliphatic carbocycles. The molecule has 0 spiro atoms. The van der Waals surface area contributed by atoms with Gasteiger partial charge in [0.1, 0.15) is 11.4 Å². The number of pyridine rings is 2. The summed E-state index contributed by atoms with van der Waals surface area (Å²) < 4.78 is 7.89. The van der Waals surface area contributed by atoms with Crippen molar-refractivity contribution in [3.05, 3.63) is 108 Å². The third-order valence-electron chi connectivity index (χ3n) is 5.86. The van der Waals surface area contributed by atoms with Crippen LogP contribution in [0.15, 0.2) is 96.8 Å². The van der Waals surface area contributed by atoms with Gasteiger partial charge >= 0.3 is 6.09 Å². The third kappa shape index (κ3) is 7.46. The SMILES string of the molecule is CC(C)(C)OC(=O)NS/C=C/c1cncc(-c2nc(NCc3ccccn3)c3c(-c4ccccc4)cccc3n2)c1. The summed E-state index contributed by atoms with van der Waals surface area (Å²) >= 11 is 1.13. The topological polar surface area (TPSA) is 102 Å². The summed E-state index contributed by atoms with van der Waals surface area (Å²) in [5.41, 5.74) is 4.90. The lowest BCUT2D eigenvalue weighted by molar-refractivity contribution is 0.0575. The summed E-state index contributed by atoms with van der Waals surface area (Å²) in [4.78, 5) is 30.6. The molecular weight excluding hydrogens is 532 g/mol. The van der Waals surface area contributed by atoms with E-state index < -0.39 is 11.7 Å². The van der Waals surface area contributed by atoms with Gasteiger partial charge in [0.15, 0.2) is 5.82 Å². The van der Waals surface area contributed by atoms with E-state index in [1.165, 1.54) is 0 Å². The van der Waals surface area contributed by atoms with E-state index in [0.29, 0.717) is 18.2 Å². The van der Waals surface area contributed by atoms with Crippen LogP contribution in [0.3, 0.4) is 0 Å². The van der Waals surface area contributed by atoms with Gasteiger partial charge in [0, 0.05) is 24.2 Å². The summed E-state index contributed by atoms with van der Waals surface area (Å²) in [7, 11) is 0. The molecule has 0 unspecified atom stereocenters. The van der Waals surface area contributed by atoms with Gasteiger partial charge in [-0.15, -0.1) is 0 Å². The van der Waals surface area contributed by atoms with Crippen LogP contribution in [0.1, 0.15) is 32.0 Å². The number of hydrogen-bond donors (Lipinski definition) is 2. The predicted octanol–water partition coefficient (Wildman–Crippen LogP) is 7.51. The molecule has 41 heavy (non-hydrogen) atoms. The van der Waals surface area contributed by atoms with E-state index in [1.807, 2.05) is 81.4 Å². The van der Waals surface area contributed by atoms with Crippen LogP contribution in [0.5, 0.6) is 0 Å². The number of carbonyl (C=O) groups excluding carboxylic acids is 1. The highest BCUT2D eigenvalue weighted by Gasteiger charge is 2.16. The molecular formula is C32H30N6O2S. The van der Waals surface area contributed by atoms with Crippen molar-refractivity contribution in [1.29, 1.82) is 0 Å². The second kappa shape index (κ2) is 12.6. The van der Waals surface area contributed by atoms with Crippen molar-refractivity contribution in [2.24, 2.45) is 0 Å². The minimum Gasteiger partial charge on any atom is -0.443 e. The number of carbonyl (C=O) groups is 1. The van der Waals surface area contributed by atoms with E-state index in [2.05, 4.69) is 38.2 Å². The summed E-state index contributed by atoms with van der Waals surface area (Å²) in [5.74, 6) is 1.27. The van der Waals surface area contributed by atoms with Gasteiger partial charge in [-0.3, -0.25) is 14.7 Å². The molecule has 0 aliphatic heterocycles. The molecule has 3 aromatic heterocycles. The van der Waals surface area contributed by atoms with Crippen molar-refractivity contribution in [3.8, 4) is 22.5 Å². The fraction of sp³-hybridized carbons (Fsp3) is 0.156. The van der Waals surface area contributed by atoms with Crippen molar-refractivity contribution >= 4 is 40.8 Å². The number of nitrogens with one attached hydrogen (secondary N) is 2. The maximum absolute atomic E-state index is 11.9. The number of nitrogens with zero attached hydrogens (tertiary/aromatic N) is 4. The number of fused-ring (bicyclic) bond motifs is 1. The van der Waals surface area contributed by atoms with Gasteiger partial charge in [-0.1, -0.05) is 48.5 Å². The lowest BCUT2D eigenvalue weighted by Gasteiger charge is -2.18. The largest absolute Gasteiger partial charge is 0.443 e. The van der Waals surface area contributed by atoms with Crippen molar-refractivity contribution in [2.75, 3.05) is 5.32 Å². The van der Waals surface area contributed by atoms with Gasteiger partial charge in [0.05, 0.1) is 23.1 Å². The number of amides is 1. The van der Waals surface area contributed by atoms with Crippen molar-refractivity contribution in [3.63, 3.8) is 0 Å². The van der Waals surface area contributed by atoms with E-state index in [0.717, 1.165) is 50.8 Å². The predicted molar refractivity (Wildman–Crippen MR) is 166 cm³/mol. The lowest BCUT2D eigenvalue weighted by Crippen LogP contribution is -2.28. The normalized spacial score (nSPS) is 11.5. The Balaban J connectivity index is 1.46. The monoisotopic (exact) mass is 562 g/mol. The Labute approximate surface area is 243 Å². The average Bonchev–Trinajstić information content (AvgIpc) is 2.98. The fourth-order valence-corrected chi connectivity index (χ4v) is 4.57. The minimum atomic E-state index is -0.556. The molecule has 0 bridgehead atoms. The van der Waals surface area contributed by atoms with Crippen LogP contribution >= 0.6 is 11.9 Å². The van der Waals surface area contributed by atoms with Gasteiger partial charge < -0.3 is 10.1 Å². The van der Waals surface area contributed by atoms with Crippen LogP contribution < -0.4 is 10.0 Å². The Bertz CT molecular complexity index is 1670. The first-order valence-electron chi connectivity index (χ1n) is 13.1. The smallest absolute Gasteiger partial charge is 0.417 e. The van der Waals surface area contributed by atoms with Crippen molar-refractivity contribution < 1.29 is 9.53 Å². The highest BCUT2D eigenvalue weighted by atomic mass is 32.2. The number of hydrogen-bond acceptors (Lipinski definition) is 8. The quantitative estimate of drug-likeness (QED) is 0.187. The van der Waals surface area contributed by atoms with Crippen LogP contribution in [-0.2, 0) is 11.3 Å². The second-order valence-corrected chi connectivity index (χ2v) is 10.9. The number of anilines is 1. The molecule has 8 nitrogen and oxygen atoms in total. The zero-order chi connectivity index (χ0) is 28.7. The van der Waals surface area contributed by atoms with Crippen LogP contribution in [-0.4, -0.2) is 31.6 Å². The zero-order valence-electron chi connectivity index (χ0n) is 23.0. The molecule has 3 heterocycles. The summed E-state index contributed by atoms with van der Waals surface area (Å²) in [6.45, 7) is 5.97. The number of rotatable bonds is 8. The number of ether oxygens (including phenoxy) is 1. The van der Waals surface area contributed by atoms with Crippen LogP contribution in [0.25, 0.3) is 39.5 Å². The molecule has 0 saturated heterocycles. The maximum Gasteiger partial charge on any atom is 0.417 e. The highest BCUT2D eigenvalue weighted by molar-refractivity contribution is 8.00. The molecule has 5 aromatic rings. The van der Waals surface area contributed by atoms with E-state index in [4.69, 9.17) is 14.7 Å². The maximum atomic E-state index is 11.9. The Hall–Kier alpha value is -4.76. The lowest BCUT2D eigenvalue weighted by atomic mass is 10.0. The third-order valence-corrected chi connectivity index (χ3v) is 6.42. The fourth-order valence-electron chi connectivity index (χ4n) is 4.14. The first kappa shape index (κ1) is 27.8. The zero-order valence-corrected chi connectivity index (χ0v) is 23.9. The minimum absolute atomic E-state index is 0.496. The first-order chi connectivity index (χ1) is 19.9. The molecule has 9 heteroatoms. The van der Waals surface area contributed by atoms with Gasteiger partial charge in [-0.05, 0) is 85.2 Å². The Morgan fingerprint density at radius 2 is 1.78 bits per heavy atom. The summed E-state index contributed by atoms with van der Waals surface area (Å²) in [6, 6.07) is 24.1. The van der Waals surface area contributed by atoms with E-state index in [-0.39, 0.29) is 0 Å². The standard InChI is InChI=1S/C32H30N6O2S/c1-32(2,3)40-31(39)38-41-17-15-22-18-24(20-33-19-22)29-36-27-14-9-13-26(23-10-5-4-6-11-23)28(27)30(37-29)35-21-25-12-7-8-16-34-25/h4-20H,21H2,1-3H3,(H,38,39)(H,35,36,37)/b17-15+. The molecule has 5 rings (SSSR count). The van der Waals surface area contributed by atoms with Gasteiger partial charge in [-0.25, -0.2) is 14.8 Å². The van der Waals surface area contributed by atoms with Crippen molar-refractivity contribution in [1.82, 2.24) is 24.7 Å². The molecule has 0 radical (unpaired) electrons. The molecule has 2 N–H and O–H groups in total. The molecule has 2 aromatic carbocycles. The Morgan fingerprint density at radius 3 is 2.56 bits per heavy atom. The van der Waals surface area contributed by atoms with Gasteiger partial charge in [-0.2, -0.15) is 0 Å². The first-order valence-corrected chi connectivity index (χ1v) is 14.0. The molecule has 1 amide bonds. The van der Waals surface area contributed by atoms with Crippen LogP contribution in [0.4, 0.5) is 10.6 Å². The Kier molecular flexibility index (Phi) is 8.55. The number of benzene rings is 2. The number of aromatic nitrogens is 4. The van der Waals surface area contributed by atoms with Gasteiger partial charge in [0.25, 0.3) is 0 Å². The second-order valence-electron chi connectivity index (χ2n) is 10.2. The van der Waals surface area contributed by atoms with E-state index in [1.54, 1.807) is 24.0 Å². The van der Waals surface area contributed by atoms with Crippen molar-refractivity contribution in [2.45, 2.75) is 32.9 Å². The molecule has 0 aliphatic rings. The van der Waals surface area contributed by atoms with E-state index >= 15 is 0 Å². The summed E-state index contributed by atoms with van der Waals surface area (Å²) in [5, 5.41) is 6.20. The molecule has 0 fully saturated rings. The van der Waals surface area contributed by atoms with Crippen LogP contribution in [0.2, 0.25) is 0 Å². The molecule has 0 saturated carbocycles. The average molecular weight is 563 g/mol. The van der Waals surface area contributed by atoms with Gasteiger partial charge in [0.2, 0.25) is 0 Å². The van der Waals surface area contributed by atoms with E-state index in [9.17, 15) is 4.79 Å². The van der Waals surface area contributed by atoms with Crippen LogP contribution in [0, 0.1) is 0 Å². The molecule has 206 valence electrons. The Morgan fingerprint density at radius 1 is 0.951 bits per heavy atom. The highest BCUT2D eigenvalue weighted by Crippen LogP contribution is 2.34. The summed E-state index contributed by atoms with van der Waals surface area (Å²) in [6.07, 6.45) is 6.62.